The van der Waals surface area contributed by atoms with Crippen LogP contribution in [0.2, 0.25) is 0 Å². The van der Waals surface area contributed by atoms with Gasteiger partial charge in [0.15, 0.2) is 0 Å². The van der Waals surface area contributed by atoms with Crippen LogP contribution in [0, 0.1) is 13.8 Å². The summed E-state index contributed by atoms with van der Waals surface area (Å²) in [6.45, 7) is 7.16. The lowest BCUT2D eigenvalue weighted by Crippen LogP contribution is -2.25. The molecule has 1 heterocycles. The first-order valence-corrected chi connectivity index (χ1v) is 9.37. The van der Waals surface area contributed by atoms with Crippen molar-refractivity contribution < 1.29 is 4.74 Å². The van der Waals surface area contributed by atoms with Crippen LogP contribution in [0.5, 0.6) is 0 Å². The summed E-state index contributed by atoms with van der Waals surface area (Å²) in [6.07, 6.45) is 0.713. The topological polar surface area (TPSA) is 68.5 Å². The lowest BCUT2D eigenvalue weighted by Gasteiger charge is -2.13. The lowest BCUT2D eigenvalue weighted by molar-refractivity contribution is 0.190. The molecule has 0 unspecified atom stereocenters. The van der Waals surface area contributed by atoms with Crippen LogP contribution >= 0.6 is 0 Å². The Hall–Kier alpha value is -2.99. The molecule has 0 bridgehead atoms. The Morgan fingerprint density at radius 1 is 1.21 bits per heavy atom. The average Bonchev–Trinajstić information content (AvgIpc) is 2.68. The summed E-state index contributed by atoms with van der Waals surface area (Å²) >= 11 is 0. The van der Waals surface area contributed by atoms with E-state index >= 15 is 0 Å². The Morgan fingerprint density at radius 2 is 2.00 bits per heavy atom. The Balaban J connectivity index is 1.98. The zero-order valence-corrected chi connectivity index (χ0v) is 16.8. The molecule has 0 fully saturated rings. The van der Waals surface area contributed by atoms with Crippen LogP contribution < -0.4 is 11.0 Å². The molecule has 1 N–H and O–H groups in total. The predicted octanol–water partition coefficient (Wildman–Crippen LogP) is 3.89. The van der Waals surface area contributed by atoms with Gasteiger partial charge in [-0.15, -0.1) is 0 Å². The van der Waals surface area contributed by atoms with Crippen LogP contribution in [0.1, 0.15) is 30.0 Å². The van der Waals surface area contributed by atoms with Gasteiger partial charge in [0.1, 0.15) is 0 Å². The number of ether oxygens (including phenoxy) is 1. The molecule has 3 aromatic rings. The number of anilines is 1. The maximum Gasteiger partial charge on any atom is 0.262 e. The number of benzene rings is 2. The molecule has 0 aliphatic carbocycles. The van der Waals surface area contributed by atoms with Gasteiger partial charge in [0.05, 0.1) is 16.6 Å². The quantitative estimate of drug-likeness (QED) is 0.385. The molecule has 0 saturated heterocycles. The first-order valence-electron chi connectivity index (χ1n) is 9.37. The lowest BCUT2D eigenvalue weighted by atomic mass is 10.0. The molecular formula is C22H26N4O2. The molecule has 1 aromatic heterocycles. The van der Waals surface area contributed by atoms with Gasteiger partial charge in [-0.05, 0) is 44.9 Å². The van der Waals surface area contributed by atoms with E-state index in [1.54, 1.807) is 17.7 Å². The number of hydrogen-bond acceptors (Lipinski definition) is 5. The van der Waals surface area contributed by atoms with E-state index in [0.717, 1.165) is 16.8 Å². The van der Waals surface area contributed by atoms with Crippen LogP contribution in [0.4, 0.5) is 5.95 Å². The minimum Gasteiger partial charge on any atom is -0.385 e. The number of nitrogens with zero attached hydrogens (tertiary/aromatic N) is 3. The van der Waals surface area contributed by atoms with E-state index in [0.29, 0.717) is 36.4 Å². The van der Waals surface area contributed by atoms with Crippen LogP contribution in [0.3, 0.4) is 0 Å². The average molecular weight is 378 g/mol. The Labute approximate surface area is 164 Å². The second-order valence-electron chi connectivity index (χ2n) is 6.88. The summed E-state index contributed by atoms with van der Waals surface area (Å²) in [5.41, 5.74) is 7.85. The van der Waals surface area contributed by atoms with Crippen molar-refractivity contribution in [3.63, 3.8) is 0 Å². The third kappa shape index (κ3) is 4.28. The van der Waals surface area contributed by atoms with Gasteiger partial charge in [0, 0.05) is 25.8 Å². The fourth-order valence-electron chi connectivity index (χ4n) is 3.24. The second-order valence-corrected chi connectivity index (χ2v) is 6.88. The van der Waals surface area contributed by atoms with Gasteiger partial charge in [-0.3, -0.25) is 9.36 Å². The fourth-order valence-corrected chi connectivity index (χ4v) is 3.24. The van der Waals surface area contributed by atoms with Gasteiger partial charge in [0.2, 0.25) is 5.95 Å². The largest absolute Gasteiger partial charge is 0.385 e. The molecule has 0 amide bonds. The van der Waals surface area contributed by atoms with Crippen molar-refractivity contribution in [2.24, 2.45) is 5.10 Å². The number of hydrazone groups is 1. The number of nitrogens with one attached hydrogen (secondary N) is 1. The molecule has 6 heteroatoms. The molecule has 28 heavy (non-hydrogen) atoms. The van der Waals surface area contributed by atoms with Gasteiger partial charge in [-0.1, -0.05) is 35.9 Å². The molecular weight excluding hydrogens is 352 g/mol. The Kier molecular flexibility index (Phi) is 6.21. The zero-order valence-electron chi connectivity index (χ0n) is 16.8. The number of aromatic nitrogens is 2. The summed E-state index contributed by atoms with van der Waals surface area (Å²) in [7, 11) is 1.65. The number of methoxy groups -OCH3 is 1. The monoisotopic (exact) mass is 378 g/mol. The van der Waals surface area contributed by atoms with Crippen molar-refractivity contribution in [3.8, 4) is 0 Å². The molecule has 0 spiro atoms. The highest BCUT2D eigenvalue weighted by Gasteiger charge is 2.11. The van der Waals surface area contributed by atoms with E-state index in [4.69, 9.17) is 4.74 Å². The highest BCUT2D eigenvalue weighted by atomic mass is 16.5. The predicted molar refractivity (Wildman–Crippen MR) is 114 cm³/mol. The number of para-hydroxylation sites is 1. The van der Waals surface area contributed by atoms with Crippen molar-refractivity contribution in [3.05, 3.63) is 69.5 Å². The molecule has 0 radical (unpaired) electrons. The summed E-state index contributed by atoms with van der Waals surface area (Å²) in [6, 6.07) is 13.6. The first kappa shape index (κ1) is 19.8. The highest BCUT2D eigenvalue weighted by Crippen LogP contribution is 2.14. The van der Waals surface area contributed by atoms with E-state index in [1.807, 2.05) is 25.1 Å². The van der Waals surface area contributed by atoms with E-state index in [-0.39, 0.29) is 5.56 Å². The van der Waals surface area contributed by atoms with Crippen molar-refractivity contribution in [2.75, 3.05) is 19.1 Å². The van der Waals surface area contributed by atoms with E-state index in [2.05, 4.69) is 47.6 Å². The molecule has 3 rings (SSSR count). The third-order valence-electron chi connectivity index (χ3n) is 4.69. The van der Waals surface area contributed by atoms with Crippen LogP contribution in [0.25, 0.3) is 10.9 Å². The van der Waals surface area contributed by atoms with Crippen LogP contribution in [-0.2, 0) is 11.3 Å². The Bertz CT molecular complexity index is 1070. The van der Waals surface area contributed by atoms with Crippen LogP contribution in [-0.4, -0.2) is 29.0 Å². The van der Waals surface area contributed by atoms with Crippen LogP contribution in [0.15, 0.2) is 52.4 Å². The second kappa shape index (κ2) is 8.80. The SMILES string of the molecule is COCCCn1c(N/N=C(/C)c2ccc(C)cc2C)nc2ccccc2c1=O. The number of aryl methyl sites for hydroxylation is 2. The molecule has 0 aliphatic rings. The number of fused-ring (bicyclic) bond motifs is 1. The normalized spacial score (nSPS) is 11.8. The maximum atomic E-state index is 12.9. The fraction of sp³-hybridized carbons (Fsp3) is 0.318. The van der Waals surface area contributed by atoms with Gasteiger partial charge in [-0.2, -0.15) is 5.10 Å². The molecule has 0 atom stereocenters. The van der Waals surface area contributed by atoms with Crippen molar-refractivity contribution in [1.82, 2.24) is 9.55 Å². The maximum absolute atomic E-state index is 12.9. The van der Waals surface area contributed by atoms with Gasteiger partial charge >= 0.3 is 0 Å². The zero-order chi connectivity index (χ0) is 20.1. The highest BCUT2D eigenvalue weighted by molar-refractivity contribution is 6.00. The summed E-state index contributed by atoms with van der Waals surface area (Å²) < 4.78 is 6.75. The minimum absolute atomic E-state index is 0.0800. The van der Waals surface area contributed by atoms with E-state index < -0.39 is 0 Å². The summed E-state index contributed by atoms with van der Waals surface area (Å²) in [5, 5.41) is 5.10. The van der Waals surface area contributed by atoms with Gasteiger partial charge in [-0.25, -0.2) is 10.4 Å². The van der Waals surface area contributed by atoms with Crippen molar-refractivity contribution >= 4 is 22.6 Å². The standard InChI is InChI=1S/C22H26N4O2/c1-15-10-11-18(16(2)14-15)17(3)24-25-22-23-20-9-6-5-8-19(20)21(27)26(22)12-7-13-28-4/h5-6,8-11,14H,7,12-13H2,1-4H3,(H,23,25)/b24-17-. The smallest absolute Gasteiger partial charge is 0.262 e. The first-order chi connectivity index (χ1) is 13.5. The van der Waals surface area contributed by atoms with E-state index in [1.165, 1.54) is 5.56 Å². The van der Waals surface area contributed by atoms with E-state index in [9.17, 15) is 4.79 Å². The molecule has 0 saturated carbocycles. The van der Waals surface area contributed by atoms with Gasteiger partial charge in [0.25, 0.3) is 5.56 Å². The number of rotatable bonds is 7. The molecule has 6 nitrogen and oxygen atoms in total. The van der Waals surface area contributed by atoms with Crippen molar-refractivity contribution in [1.29, 1.82) is 0 Å². The third-order valence-corrected chi connectivity index (χ3v) is 4.69. The molecule has 0 aliphatic heterocycles. The van der Waals surface area contributed by atoms with Crippen molar-refractivity contribution in [2.45, 2.75) is 33.7 Å². The summed E-state index contributed by atoms with van der Waals surface area (Å²) in [4.78, 5) is 17.6. The Morgan fingerprint density at radius 3 is 2.75 bits per heavy atom. The minimum atomic E-state index is -0.0800. The number of hydrogen-bond donors (Lipinski definition) is 1. The molecule has 2 aromatic carbocycles. The van der Waals surface area contributed by atoms with Gasteiger partial charge < -0.3 is 4.74 Å². The molecule has 146 valence electrons. The summed E-state index contributed by atoms with van der Waals surface area (Å²) in [5.74, 6) is 0.434.